The van der Waals surface area contributed by atoms with Gasteiger partial charge in [0, 0.05) is 17.7 Å². The van der Waals surface area contributed by atoms with Gasteiger partial charge in [0.05, 0.1) is 23.2 Å². The van der Waals surface area contributed by atoms with Crippen LogP contribution in [0.3, 0.4) is 0 Å². The number of rotatable bonds is 6. The van der Waals surface area contributed by atoms with Crippen LogP contribution in [0.4, 0.5) is 0 Å². The van der Waals surface area contributed by atoms with Crippen molar-refractivity contribution in [1.29, 1.82) is 0 Å². The first-order valence-electron chi connectivity index (χ1n) is 11.6. The molecule has 0 bridgehead atoms. The van der Waals surface area contributed by atoms with Crippen molar-refractivity contribution >= 4 is 29.1 Å². The molecule has 1 aromatic heterocycles. The molecular weight excluding hydrogens is 497 g/mol. The monoisotopic (exact) mass is 521 g/mol. The maximum atomic E-state index is 13.6. The van der Waals surface area contributed by atoms with Crippen LogP contribution in [0.1, 0.15) is 44.3 Å². The number of nitrogens with one attached hydrogen (secondary N) is 1. The number of methoxy groups -OCH3 is 1. The SMILES string of the molecule is COc1ccc(CCN2C(=O)c3[nH]nc(-c4cc(C)cc(C)c4O)c3[C@@H]2c2ccc(Cl)c(Cl)c2)cc1. The number of aryl methyl sites for hydroxylation is 2. The summed E-state index contributed by atoms with van der Waals surface area (Å²) in [6.07, 6.45) is 0.648. The topological polar surface area (TPSA) is 78.5 Å². The van der Waals surface area contributed by atoms with E-state index in [1.807, 2.05) is 61.2 Å². The largest absolute Gasteiger partial charge is 0.507 e. The second kappa shape index (κ2) is 9.52. The van der Waals surface area contributed by atoms with Crippen molar-refractivity contribution in [2.75, 3.05) is 13.7 Å². The molecule has 1 aliphatic rings. The second-order valence-corrected chi connectivity index (χ2v) is 9.83. The highest BCUT2D eigenvalue weighted by molar-refractivity contribution is 6.42. The number of phenols is 1. The lowest BCUT2D eigenvalue weighted by molar-refractivity contribution is 0.0746. The third kappa shape index (κ3) is 4.21. The van der Waals surface area contributed by atoms with Crippen molar-refractivity contribution in [3.05, 3.63) is 98.2 Å². The van der Waals surface area contributed by atoms with Crippen LogP contribution in [-0.4, -0.2) is 39.8 Å². The van der Waals surface area contributed by atoms with E-state index >= 15 is 0 Å². The summed E-state index contributed by atoms with van der Waals surface area (Å²) >= 11 is 12.6. The Kier molecular flexibility index (Phi) is 6.41. The average Bonchev–Trinajstić information content (AvgIpc) is 3.41. The van der Waals surface area contributed by atoms with Crippen LogP contribution < -0.4 is 4.74 Å². The van der Waals surface area contributed by atoms with E-state index in [9.17, 15) is 9.90 Å². The van der Waals surface area contributed by atoms with Crippen molar-refractivity contribution in [2.45, 2.75) is 26.3 Å². The molecule has 0 saturated heterocycles. The number of benzene rings is 3. The molecule has 1 aliphatic heterocycles. The predicted molar refractivity (Wildman–Crippen MR) is 141 cm³/mol. The van der Waals surface area contributed by atoms with E-state index in [2.05, 4.69) is 10.2 Å². The minimum atomic E-state index is -0.450. The fourth-order valence-corrected chi connectivity index (χ4v) is 5.15. The maximum Gasteiger partial charge on any atom is 0.273 e. The van der Waals surface area contributed by atoms with Crippen LogP contribution in [0, 0.1) is 13.8 Å². The van der Waals surface area contributed by atoms with Gasteiger partial charge in [0.1, 0.15) is 22.9 Å². The van der Waals surface area contributed by atoms with Crippen molar-refractivity contribution in [3.8, 4) is 22.8 Å². The van der Waals surface area contributed by atoms with Gasteiger partial charge in [-0.2, -0.15) is 5.10 Å². The van der Waals surface area contributed by atoms with Gasteiger partial charge < -0.3 is 14.7 Å². The second-order valence-electron chi connectivity index (χ2n) is 9.01. The number of aromatic hydroxyl groups is 1. The Morgan fingerprint density at radius 2 is 1.81 bits per heavy atom. The minimum Gasteiger partial charge on any atom is -0.507 e. The molecule has 0 saturated carbocycles. The molecular formula is C28H25Cl2N3O3. The molecule has 0 aliphatic carbocycles. The summed E-state index contributed by atoms with van der Waals surface area (Å²) < 4.78 is 5.25. The molecule has 0 fully saturated rings. The Balaban J connectivity index is 1.60. The molecule has 36 heavy (non-hydrogen) atoms. The van der Waals surface area contributed by atoms with Gasteiger partial charge in [-0.05, 0) is 72.9 Å². The Hall–Kier alpha value is -3.48. The summed E-state index contributed by atoms with van der Waals surface area (Å²) in [6, 6.07) is 16.5. The molecule has 0 unspecified atom stereocenters. The van der Waals surface area contributed by atoms with E-state index in [0.29, 0.717) is 45.5 Å². The van der Waals surface area contributed by atoms with Gasteiger partial charge in [0.15, 0.2) is 0 Å². The zero-order valence-electron chi connectivity index (χ0n) is 20.1. The van der Waals surface area contributed by atoms with E-state index in [1.165, 1.54) is 0 Å². The fourth-order valence-electron chi connectivity index (χ4n) is 4.84. The number of fused-ring (bicyclic) bond motifs is 1. The molecule has 3 aromatic carbocycles. The van der Waals surface area contributed by atoms with E-state index < -0.39 is 6.04 Å². The summed E-state index contributed by atoms with van der Waals surface area (Å²) in [7, 11) is 1.63. The Morgan fingerprint density at radius 1 is 1.06 bits per heavy atom. The Labute approximate surface area is 219 Å². The molecule has 5 rings (SSSR count). The quantitative estimate of drug-likeness (QED) is 0.303. The highest BCUT2D eigenvalue weighted by atomic mass is 35.5. The molecule has 6 nitrogen and oxygen atoms in total. The lowest BCUT2D eigenvalue weighted by Gasteiger charge is -2.27. The molecule has 1 atom stereocenters. The van der Waals surface area contributed by atoms with Gasteiger partial charge in [-0.25, -0.2) is 0 Å². The fraction of sp³-hybridized carbons (Fsp3) is 0.214. The maximum absolute atomic E-state index is 13.6. The molecule has 184 valence electrons. The molecule has 8 heteroatoms. The normalized spacial score (nSPS) is 14.9. The molecule has 0 radical (unpaired) electrons. The Bertz CT molecular complexity index is 1460. The van der Waals surface area contributed by atoms with Crippen molar-refractivity contribution in [1.82, 2.24) is 15.1 Å². The molecule has 0 spiro atoms. The van der Waals surface area contributed by atoms with Crippen molar-refractivity contribution in [3.63, 3.8) is 0 Å². The number of nitrogens with zero attached hydrogens (tertiary/aromatic N) is 2. The van der Waals surface area contributed by atoms with E-state index in [0.717, 1.165) is 28.0 Å². The number of carbonyl (C=O) groups excluding carboxylic acids is 1. The zero-order chi connectivity index (χ0) is 25.6. The number of halogens is 2. The summed E-state index contributed by atoms with van der Waals surface area (Å²) in [5, 5.41) is 19.2. The number of amides is 1. The number of ether oxygens (including phenoxy) is 1. The summed E-state index contributed by atoms with van der Waals surface area (Å²) in [6.45, 7) is 4.28. The van der Waals surface area contributed by atoms with Crippen LogP contribution in [0.25, 0.3) is 11.3 Å². The lowest BCUT2D eigenvalue weighted by atomic mass is 9.94. The van der Waals surface area contributed by atoms with Gasteiger partial charge in [-0.15, -0.1) is 0 Å². The van der Waals surface area contributed by atoms with Gasteiger partial charge in [-0.1, -0.05) is 47.5 Å². The van der Waals surface area contributed by atoms with Crippen LogP contribution in [0.5, 0.6) is 11.5 Å². The number of aromatic nitrogens is 2. The highest BCUT2D eigenvalue weighted by Crippen LogP contribution is 2.46. The smallest absolute Gasteiger partial charge is 0.273 e. The van der Waals surface area contributed by atoms with Gasteiger partial charge in [0.25, 0.3) is 5.91 Å². The minimum absolute atomic E-state index is 0.145. The molecule has 1 amide bonds. The van der Waals surface area contributed by atoms with Crippen LogP contribution in [0.15, 0.2) is 54.6 Å². The van der Waals surface area contributed by atoms with Crippen LogP contribution >= 0.6 is 23.2 Å². The number of phenolic OH excluding ortho intramolecular Hbond substituents is 1. The standard InChI is InChI=1S/C28H25Cl2N3O3/c1-15-12-16(2)27(34)20(13-15)24-23-25(32-31-24)28(35)33(11-10-17-4-7-19(36-3)8-5-17)26(23)18-6-9-21(29)22(30)14-18/h4-9,12-14,26,34H,10-11H2,1-3H3,(H,31,32)/t26-/m0/s1. The third-order valence-electron chi connectivity index (χ3n) is 6.62. The van der Waals surface area contributed by atoms with E-state index in [-0.39, 0.29) is 11.7 Å². The molecule has 4 aromatic rings. The van der Waals surface area contributed by atoms with Crippen LogP contribution in [0.2, 0.25) is 10.0 Å². The number of hydrogen-bond acceptors (Lipinski definition) is 4. The highest BCUT2D eigenvalue weighted by Gasteiger charge is 2.42. The van der Waals surface area contributed by atoms with Gasteiger partial charge >= 0.3 is 0 Å². The number of carbonyl (C=O) groups is 1. The first kappa shape index (κ1) is 24.2. The summed E-state index contributed by atoms with van der Waals surface area (Å²) in [5.41, 5.74) is 5.89. The zero-order valence-corrected chi connectivity index (χ0v) is 21.6. The van der Waals surface area contributed by atoms with E-state index in [4.69, 9.17) is 27.9 Å². The van der Waals surface area contributed by atoms with Crippen molar-refractivity contribution in [2.24, 2.45) is 0 Å². The Morgan fingerprint density at radius 3 is 2.50 bits per heavy atom. The number of hydrogen-bond donors (Lipinski definition) is 2. The first-order chi connectivity index (χ1) is 17.3. The number of H-pyrrole nitrogens is 1. The summed E-state index contributed by atoms with van der Waals surface area (Å²) in [4.78, 5) is 15.4. The van der Waals surface area contributed by atoms with E-state index in [1.54, 1.807) is 19.2 Å². The number of aromatic amines is 1. The van der Waals surface area contributed by atoms with Gasteiger partial charge in [0.2, 0.25) is 0 Å². The third-order valence-corrected chi connectivity index (χ3v) is 7.36. The predicted octanol–water partition coefficient (Wildman–Crippen LogP) is 6.50. The average molecular weight is 522 g/mol. The lowest BCUT2D eigenvalue weighted by Crippen LogP contribution is -2.31. The van der Waals surface area contributed by atoms with Gasteiger partial charge in [-0.3, -0.25) is 9.89 Å². The molecule has 2 N–H and O–H groups in total. The van der Waals surface area contributed by atoms with Crippen LogP contribution in [-0.2, 0) is 6.42 Å². The first-order valence-corrected chi connectivity index (χ1v) is 12.3. The summed E-state index contributed by atoms with van der Waals surface area (Å²) in [5.74, 6) is 0.771. The van der Waals surface area contributed by atoms with Crippen molar-refractivity contribution < 1.29 is 14.6 Å². The molecule has 2 heterocycles.